The van der Waals surface area contributed by atoms with Crippen LogP contribution in [0.4, 0.5) is 11.5 Å². The van der Waals surface area contributed by atoms with Crippen molar-refractivity contribution in [3.8, 4) is 0 Å². The number of hydrogen-bond donors (Lipinski definition) is 1. The second-order valence-electron chi connectivity index (χ2n) is 3.09. The van der Waals surface area contributed by atoms with Crippen LogP contribution in [0.25, 0.3) is 0 Å². The summed E-state index contributed by atoms with van der Waals surface area (Å²) in [7, 11) is 0. The summed E-state index contributed by atoms with van der Waals surface area (Å²) in [6.07, 6.45) is 0. The van der Waals surface area contributed by atoms with Crippen LogP contribution in [0.5, 0.6) is 0 Å². The maximum absolute atomic E-state index is 6.11. The molecule has 0 unspecified atom stereocenters. The molecule has 0 aliphatic carbocycles. The van der Waals surface area contributed by atoms with Gasteiger partial charge in [-0.25, -0.2) is 4.98 Å². The van der Waals surface area contributed by atoms with E-state index in [2.05, 4.69) is 48.8 Å². The smallest absolute Gasteiger partial charge is 0.131 e. The molecular weight excluding hydrogens is 402 g/mol. The summed E-state index contributed by atoms with van der Waals surface area (Å²) in [5, 5.41) is 3.85. The van der Waals surface area contributed by atoms with Gasteiger partial charge < -0.3 is 5.32 Å². The van der Waals surface area contributed by atoms with Gasteiger partial charge in [-0.05, 0) is 68.9 Å². The number of pyridine rings is 1. The van der Waals surface area contributed by atoms with E-state index in [4.69, 9.17) is 11.6 Å². The maximum atomic E-state index is 6.11. The summed E-state index contributed by atoms with van der Waals surface area (Å²) in [4.78, 5) is 4.28. The van der Waals surface area contributed by atoms with Crippen LogP contribution in [0.15, 0.2) is 41.0 Å². The second-order valence-corrected chi connectivity index (χ2v) is 5.56. The Bertz CT molecular complexity index is 519. The summed E-state index contributed by atoms with van der Waals surface area (Å²) >= 11 is 11.7. The van der Waals surface area contributed by atoms with Gasteiger partial charge in [0.25, 0.3) is 0 Å². The Hall–Kier alpha value is -0.330. The first-order chi connectivity index (χ1) is 7.65. The molecule has 0 atom stereocenters. The molecule has 1 N–H and O–H groups in total. The lowest BCUT2D eigenvalue weighted by Gasteiger charge is -2.07. The van der Waals surface area contributed by atoms with Crippen LogP contribution < -0.4 is 5.32 Å². The van der Waals surface area contributed by atoms with Crippen LogP contribution in [-0.2, 0) is 0 Å². The zero-order valence-electron chi connectivity index (χ0n) is 8.05. The van der Waals surface area contributed by atoms with Crippen molar-refractivity contribution in [2.24, 2.45) is 0 Å². The van der Waals surface area contributed by atoms with Gasteiger partial charge in [-0.3, -0.25) is 0 Å². The SMILES string of the molecule is Clc1cc(I)ccc1Nc1cccc(Br)n1. The van der Waals surface area contributed by atoms with Crippen LogP contribution in [0.2, 0.25) is 5.02 Å². The minimum atomic E-state index is 0.689. The average molecular weight is 409 g/mol. The molecule has 0 bridgehead atoms. The normalized spacial score (nSPS) is 10.2. The largest absolute Gasteiger partial charge is 0.339 e. The lowest BCUT2D eigenvalue weighted by atomic mass is 10.3. The first-order valence-electron chi connectivity index (χ1n) is 4.50. The first-order valence-corrected chi connectivity index (χ1v) is 6.75. The summed E-state index contributed by atoms with van der Waals surface area (Å²) in [6.45, 7) is 0. The number of nitrogens with zero attached hydrogens (tertiary/aromatic N) is 1. The Morgan fingerprint density at radius 3 is 2.75 bits per heavy atom. The Labute approximate surface area is 121 Å². The molecule has 0 aliphatic heterocycles. The monoisotopic (exact) mass is 408 g/mol. The van der Waals surface area contributed by atoms with Crippen LogP contribution in [0.3, 0.4) is 0 Å². The molecule has 0 spiro atoms. The van der Waals surface area contributed by atoms with Crippen LogP contribution >= 0.6 is 50.1 Å². The minimum Gasteiger partial charge on any atom is -0.339 e. The lowest BCUT2D eigenvalue weighted by molar-refractivity contribution is 1.26. The zero-order chi connectivity index (χ0) is 11.5. The van der Waals surface area contributed by atoms with Crippen molar-refractivity contribution in [1.29, 1.82) is 0 Å². The molecule has 0 aliphatic rings. The molecule has 0 saturated heterocycles. The third kappa shape index (κ3) is 3.09. The topological polar surface area (TPSA) is 24.9 Å². The summed E-state index contributed by atoms with van der Waals surface area (Å²) < 4.78 is 1.90. The van der Waals surface area contributed by atoms with E-state index in [0.717, 1.165) is 19.7 Å². The molecule has 0 amide bonds. The molecule has 1 heterocycles. The molecule has 0 saturated carbocycles. The van der Waals surface area contributed by atoms with E-state index in [1.165, 1.54) is 0 Å². The lowest BCUT2D eigenvalue weighted by Crippen LogP contribution is -1.94. The Morgan fingerprint density at radius 2 is 2.06 bits per heavy atom. The zero-order valence-corrected chi connectivity index (χ0v) is 12.5. The van der Waals surface area contributed by atoms with E-state index in [1.807, 2.05) is 36.4 Å². The van der Waals surface area contributed by atoms with E-state index in [1.54, 1.807) is 0 Å². The van der Waals surface area contributed by atoms with Crippen molar-refractivity contribution in [1.82, 2.24) is 4.98 Å². The quantitative estimate of drug-likeness (QED) is 0.567. The summed E-state index contributed by atoms with van der Waals surface area (Å²) in [5.74, 6) is 0.762. The van der Waals surface area contributed by atoms with Crippen molar-refractivity contribution in [2.45, 2.75) is 0 Å². The maximum Gasteiger partial charge on any atom is 0.131 e. The number of rotatable bonds is 2. The van der Waals surface area contributed by atoms with Gasteiger partial charge in [0.05, 0.1) is 10.7 Å². The van der Waals surface area contributed by atoms with Gasteiger partial charge in [-0.15, -0.1) is 0 Å². The molecule has 2 nitrogen and oxygen atoms in total. The average Bonchev–Trinajstić information content (AvgIpc) is 2.22. The highest BCUT2D eigenvalue weighted by molar-refractivity contribution is 14.1. The fraction of sp³-hybridized carbons (Fsp3) is 0. The fourth-order valence-electron chi connectivity index (χ4n) is 1.21. The van der Waals surface area contributed by atoms with Crippen molar-refractivity contribution in [3.05, 3.63) is 49.6 Å². The fourth-order valence-corrected chi connectivity index (χ4v) is 2.45. The van der Waals surface area contributed by atoms with Crippen molar-refractivity contribution >= 4 is 61.6 Å². The van der Waals surface area contributed by atoms with Gasteiger partial charge in [0, 0.05) is 3.57 Å². The molecule has 1 aromatic carbocycles. The van der Waals surface area contributed by atoms with Gasteiger partial charge in [0.2, 0.25) is 0 Å². The molecule has 5 heteroatoms. The van der Waals surface area contributed by atoms with E-state index < -0.39 is 0 Å². The molecule has 1 aromatic heterocycles. The third-order valence-corrected chi connectivity index (χ3v) is 3.33. The highest BCUT2D eigenvalue weighted by Gasteiger charge is 2.02. The number of halogens is 3. The molecule has 82 valence electrons. The standard InChI is InChI=1S/C11H7BrClIN2/c12-10-2-1-3-11(16-10)15-9-5-4-7(14)6-8(9)13/h1-6H,(H,15,16). The Morgan fingerprint density at radius 1 is 1.25 bits per heavy atom. The predicted molar refractivity (Wildman–Crippen MR) is 79.4 cm³/mol. The molecule has 2 aromatic rings. The third-order valence-electron chi connectivity index (χ3n) is 1.91. The predicted octanol–water partition coefficient (Wildman–Crippen LogP) is 4.85. The molecule has 0 fully saturated rings. The van der Waals surface area contributed by atoms with E-state index in [9.17, 15) is 0 Å². The van der Waals surface area contributed by atoms with E-state index in [-0.39, 0.29) is 0 Å². The first kappa shape index (κ1) is 12.1. The highest BCUT2D eigenvalue weighted by Crippen LogP contribution is 2.26. The molecule has 16 heavy (non-hydrogen) atoms. The highest BCUT2D eigenvalue weighted by atomic mass is 127. The van der Waals surface area contributed by atoms with Gasteiger partial charge in [-0.2, -0.15) is 0 Å². The van der Waals surface area contributed by atoms with Crippen LogP contribution in [0, 0.1) is 3.57 Å². The van der Waals surface area contributed by atoms with Gasteiger partial charge in [0.15, 0.2) is 0 Å². The van der Waals surface area contributed by atoms with Crippen LogP contribution in [0.1, 0.15) is 0 Å². The second kappa shape index (κ2) is 5.33. The van der Waals surface area contributed by atoms with E-state index in [0.29, 0.717) is 5.02 Å². The summed E-state index contributed by atoms with van der Waals surface area (Å²) in [5.41, 5.74) is 0.854. The Balaban J connectivity index is 2.27. The molecular formula is C11H7BrClIN2. The van der Waals surface area contributed by atoms with Crippen molar-refractivity contribution in [2.75, 3.05) is 5.32 Å². The van der Waals surface area contributed by atoms with Crippen molar-refractivity contribution < 1.29 is 0 Å². The molecule has 2 rings (SSSR count). The number of benzene rings is 1. The van der Waals surface area contributed by atoms with Crippen molar-refractivity contribution in [3.63, 3.8) is 0 Å². The number of aromatic nitrogens is 1. The van der Waals surface area contributed by atoms with Crippen LogP contribution in [-0.4, -0.2) is 4.98 Å². The van der Waals surface area contributed by atoms with E-state index >= 15 is 0 Å². The number of nitrogens with one attached hydrogen (secondary N) is 1. The van der Waals surface area contributed by atoms with Gasteiger partial charge in [-0.1, -0.05) is 17.7 Å². The minimum absolute atomic E-state index is 0.689. The summed E-state index contributed by atoms with van der Waals surface area (Å²) in [6, 6.07) is 11.5. The van der Waals surface area contributed by atoms with Gasteiger partial charge >= 0.3 is 0 Å². The molecule has 0 radical (unpaired) electrons. The Kier molecular flexibility index (Phi) is 4.05. The van der Waals surface area contributed by atoms with Gasteiger partial charge in [0.1, 0.15) is 10.4 Å². The number of anilines is 2. The number of hydrogen-bond acceptors (Lipinski definition) is 2.